The summed E-state index contributed by atoms with van der Waals surface area (Å²) in [5.74, 6) is -0.161. The van der Waals surface area contributed by atoms with E-state index in [-0.39, 0.29) is 5.97 Å². The fraction of sp³-hybridized carbons (Fsp3) is 0.500. The van der Waals surface area contributed by atoms with Crippen LogP contribution in [0.5, 0.6) is 0 Å². The lowest BCUT2D eigenvalue weighted by molar-refractivity contribution is -0.142. The van der Waals surface area contributed by atoms with Gasteiger partial charge in [0.1, 0.15) is 0 Å². The quantitative estimate of drug-likeness (QED) is 0.554. The first-order valence-electron chi connectivity index (χ1n) is 6.23. The van der Waals surface area contributed by atoms with Gasteiger partial charge < -0.3 is 10.1 Å². The molecular weight excluding hydrogens is 214 g/mol. The molecular formula is C14H21NO2. The second-order valence-corrected chi connectivity index (χ2v) is 3.99. The molecule has 94 valence electrons. The molecule has 0 fully saturated rings. The molecule has 1 aromatic carbocycles. The van der Waals surface area contributed by atoms with Gasteiger partial charge in [-0.25, -0.2) is 0 Å². The number of rotatable bonds is 8. The van der Waals surface area contributed by atoms with Gasteiger partial charge >= 0.3 is 5.97 Å². The Labute approximate surface area is 103 Å². The van der Waals surface area contributed by atoms with E-state index in [1.54, 1.807) is 0 Å². The molecule has 0 aliphatic carbocycles. The Hall–Kier alpha value is -1.35. The van der Waals surface area contributed by atoms with Crippen molar-refractivity contribution in [2.75, 3.05) is 19.7 Å². The summed E-state index contributed by atoms with van der Waals surface area (Å²) in [4.78, 5) is 11.2. The summed E-state index contributed by atoms with van der Waals surface area (Å²) in [6.45, 7) is 3.75. The standard InChI is InChI=1S/C14H21NO2/c1-2-10-15-12-14(16)17-11-6-9-13-7-4-3-5-8-13/h3-5,7-8,15H,2,6,9-12H2,1H3. The van der Waals surface area contributed by atoms with Crippen molar-refractivity contribution in [1.29, 1.82) is 0 Å². The van der Waals surface area contributed by atoms with Gasteiger partial charge in [-0.3, -0.25) is 4.79 Å². The highest BCUT2D eigenvalue weighted by atomic mass is 16.5. The molecule has 0 heterocycles. The van der Waals surface area contributed by atoms with Gasteiger partial charge in [-0.1, -0.05) is 37.3 Å². The van der Waals surface area contributed by atoms with E-state index in [0.29, 0.717) is 13.2 Å². The van der Waals surface area contributed by atoms with Gasteiger partial charge in [0.25, 0.3) is 0 Å². The smallest absolute Gasteiger partial charge is 0.319 e. The van der Waals surface area contributed by atoms with E-state index in [0.717, 1.165) is 25.8 Å². The van der Waals surface area contributed by atoms with Crippen LogP contribution in [0.25, 0.3) is 0 Å². The van der Waals surface area contributed by atoms with Crippen LogP contribution >= 0.6 is 0 Å². The fourth-order valence-corrected chi connectivity index (χ4v) is 1.53. The zero-order valence-electron chi connectivity index (χ0n) is 10.4. The van der Waals surface area contributed by atoms with E-state index in [2.05, 4.69) is 24.4 Å². The van der Waals surface area contributed by atoms with Crippen LogP contribution < -0.4 is 5.32 Å². The number of nitrogens with one attached hydrogen (secondary N) is 1. The van der Waals surface area contributed by atoms with Gasteiger partial charge in [0.2, 0.25) is 0 Å². The largest absolute Gasteiger partial charge is 0.465 e. The van der Waals surface area contributed by atoms with Crippen molar-refractivity contribution in [3.8, 4) is 0 Å². The van der Waals surface area contributed by atoms with E-state index < -0.39 is 0 Å². The third-order valence-corrected chi connectivity index (χ3v) is 2.41. The van der Waals surface area contributed by atoms with Gasteiger partial charge in [-0.05, 0) is 31.4 Å². The molecule has 0 saturated carbocycles. The van der Waals surface area contributed by atoms with Crippen LogP contribution in [-0.2, 0) is 16.0 Å². The van der Waals surface area contributed by atoms with E-state index in [4.69, 9.17) is 4.74 Å². The fourth-order valence-electron chi connectivity index (χ4n) is 1.53. The molecule has 0 aliphatic heterocycles. The lowest BCUT2D eigenvalue weighted by Crippen LogP contribution is -2.25. The normalized spacial score (nSPS) is 10.2. The molecule has 0 saturated heterocycles. The van der Waals surface area contributed by atoms with Crippen molar-refractivity contribution in [3.05, 3.63) is 35.9 Å². The van der Waals surface area contributed by atoms with E-state index in [1.807, 2.05) is 18.2 Å². The second kappa shape index (κ2) is 8.76. The Balaban J connectivity index is 2.02. The maximum absolute atomic E-state index is 11.2. The Bertz CT molecular complexity index is 311. The third kappa shape index (κ3) is 6.74. The van der Waals surface area contributed by atoms with Crippen molar-refractivity contribution in [3.63, 3.8) is 0 Å². The van der Waals surface area contributed by atoms with Crippen molar-refractivity contribution in [2.45, 2.75) is 26.2 Å². The van der Waals surface area contributed by atoms with Crippen LogP contribution in [0, 0.1) is 0 Å². The first-order chi connectivity index (χ1) is 8.33. The molecule has 1 aromatic rings. The SMILES string of the molecule is CCCNCC(=O)OCCCc1ccccc1. The molecule has 0 atom stereocenters. The van der Waals surface area contributed by atoms with E-state index in [1.165, 1.54) is 5.56 Å². The Kier molecular flexibility index (Phi) is 7.07. The van der Waals surface area contributed by atoms with Crippen LogP contribution in [0.15, 0.2) is 30.3 Å². The van der Waals surface area contributed by atoms with Crippen molar-refractivity contribution < 1.29 is 9.53 Å². The summed E-state index contributed by atoms with van der Waals surface area (Å²) in [6.07, 6.45) is 2.86. The summed E-state index contributed by atoms with van der Waals surface area (Å²) < 4.78 is 5.11. The van der Waals surface area contributed by atoms with Gasteiger partial charge in [0, 0.05) is 0 Å². The Morgan fingerprint density at radius 2 is 2.06 bits per heavy atom. The Morgan fingerprint density at radius 3 is 2.76 bits per heavy atom. The molecule has 17 heavy (non-hydrogen) atoms. The van der Waals surface area contributed by atoms with Gasteiger partial charge in [-0.2, -0.15) is 0 Å². The zero-order chi connectivity index (χ0) is 12.3. The summed E-state index contributed by atoms with van der Waals surface area (Å²) in [6, 6.07) is 10.2. The minimum absolute atomic E-state index is 0.161. The van der Waals surface area contributed by atoms with E-state index >= 15 is 0 Å². The predicted molar refractivity (Wildman–Crippen MR) is 68.9 cm³/mol. The molecule has 1 rings (SSSR count). The van der Waals surface area contributed by atoms with Crippen LogP contribution in [0.2, 0.25) is 0 Å². The first kappa shape index (κ1) is 13.7. The molecule has 0 unspecified atom stereocenters. The van der Waals surface area contributed by atoms with Crippen LogP contribution in [0.4, 0.5) is 0 Å². The summed E-state index contributed by atoms with van der Waals surface area (Å²) in [5.41, 5.74) is 1.28. The lowest BCUT2D eigenvalue weighted by atomic mass is 10.1. The van der Waals surface area contributed by atoms with Crippen LogP contribution in [0.1, 0.15) is 25.3 Å². The highest BCUT2D eigenvalue weighted by Gasteiger charge is 2.01. The van der Waals surface area contributed by atoms with Crippen molar-refractivity contribution >= 4 is 5.97 Å². The maximum atomic E-state index is 11.2. The molecule has 1 N–H and O–H groups in total. The van der Waals surface area contributed by atoms with Crippen LogP contribution in [-0.4, -0.2) is 25.7 Å². The molecule has 0 radical (unpaired) electrons. The number of hydrogen-bond donors (Lipinski definition) is 1. The average Bonchev–Trinajstić information content (AvgIpc) is 2.36. The summed E-state index contributed by atoms with van der Waals surface area (Å²) in [5, 5.41) is 3.02. The monoisotopic (exact) mass is 235 g/mol. The molecule has 0 aliphatic rings. The average molecular weight is 235 g/mol. The van der Waals surface area contributed by atoms with Gasteiger partial charge in [0.05, 0.1) is 13.2 Å². The maximum Gasteiger partial charge on any atom is 0.319 e. The topological polar surface area (TPSA) is 38.3 Å². The Morgan fingerprint density at radius 1 is 1.29 bits per heavy atom. The number of carbonyl (C=O) groups is 1. The number of ether oxygens (including phenoxy) is 1. The number of carbonyl (C=O) groups excluding carboxylic acids is 1. The number of benzene rings is 1. The van der Waals surface area contributed by atoms with Gasteiger partial charge in [-0.15, -0.1) is 0 Å². The number of esters is 1. The molecule has 3 heteroatoms. The summed E-state index contributed by atoms with van der Waals surface area (Å²) in [7, 11) is 0. The molecule has 0 aromatic heterocycles. The van der Waals surface area contributed by atoms with Gasteiger partial charge in [0.15, 0.2) is 0 Å². The molecule has 0 amide bonds. The van der Waals surface area contributed by atoms with Crippen molar-refractivity contribution in [1.82, 2.24) is 5.32 Å². The highest BCUT2D eigenvalue weighted by molar-refractivity contribution is 5.71. The first-order valence-corrected chi connectivity index (χ1v) is 6.23. The van der Waals surface area contributed by atoms with Crippen LogP contribution in [0.3, 0.4) is 0 Å². The molecule has 0 bridgehead atoms. The summed E-state index contributed by atoms with van der Waals surface area (Å²) >= 11 is 0. The molecule has 0 spiro atoms. The molecule has 3 nitrogen and oxygen atoms in total. The lowest BCUT2D eigenvalue weighted by Gasteiger charge is -2.05. The zero-order valence-corrected chi connectivity index (χ0v) is 10.4. The van der Waals surface area contributed by atoms with Crippen molar-refractivity contribution in [2.24, 2.45) is 0 Å². The number of hydrogen-bond acceptors (Lipinski definition) is 3. The third-order valence-electron chi connectivity index (χ3n) is 2.41. The highest BCUT2D eigenvalue weighted by Crippen LogP contribution is 2.02. The number of aryl methyl sites for hydroxylation is 1. The minimum Gasteiger partial charge on any atom is -0.465 e. The van der Waals surface area contributed by atoms with E-state index in [9.17, 15) is 4.79 Å². The second-order valence-electron chi connectivity index (χ2n) is 3.99. The minimum atomic E-state index is -0.161. The predicted octanol–water partition coefficient (Wildman–Crippen LogP) is 2.16.